The number of aromatic nitrogens is 2. The Kier molecular flexibility index (Phi) is 6.89. The van der Waals surface area contributed by atoms with E-state index in [1.54, 1.807) is 12.1 Å². The predicted octanol–water partition coefficient (Wildman–Crippen LogP) is 1.68. The maximum Gasteiger partial charge on any atom is 0.269 e. The van der Waals surface area contributed by atoms with E-state index in [0.717, 1.165) is 32.6 Å². The topological polar surface area (TPSA) is 118 Å². The van der Waals surface area contributed by atoms with Crippen molar-refractivity contribution in [3.8, 4) is 11.5 Å². The first-order chi connectivity index (χ1) is 13.9. The van der Waals surface area contributed by atoms with Gasteiger partial charge in [0.05, 0.1) is 18.0 Å². The molecule has 10 nitrogen and oxygen atoms in total. The van der Waals surface area contributed by atoms with E-state index in [0.29, 0.717) is 30.4 Å². The standard InChI is InChI=1S/C19H26N6O4/c1-3-14(2)20-17(26)12-23-8-10-24(11-9-23)13-18-21-22-19(29-18)15-4-6-16(7-5-15)25(27)28/h4-7,14H,3,8-13H2,1-2H3,(H,20,26). The molecule has 0 radical (unpaired) electrons. The van der Waals surface area contributed by atoms with Gasteiger partial charge in [0, 0.05) is 49.9 Å². The molecule has 1 saturated heterocycles. The fourth-order valence-corrected chi connectivity index (χ4v) is 3.08. The second-order valence-corrected chi connectivity index (χ2v) is 7.23. The third-order valence-electron chi connectivity index (χ3n) is 5.00. The van der Waals surface area contributed by atoms with Gasteiger partial charge in [0.15, 0.2) is 0 Å². The second kappa shape index (κ2) is 9.57. The Balaban J connectivity index is 1.47. The smallest absolute Gasteiger partial charge is 0.269 e. The summed E-state index contributed by atoms with van der Waals surface area (Å²) in [7, 11) is 0. The van der Waals surface area contributed by atoms with Crippen LogP contribution in [0, 0.1) is 10.1 Å². The van der Waals surface area contributed by atoms with Crippen molar-refractivity contribution in [3.05, 3.63) is 40.3 Å². The van der Waals surface area contributed by atoms with Crippen molar-refractivity contribution in [3.63, 3.8) is 0 Å². The number of benzene rings is 1. The van der Waals surface area contributed by atoms with Crippen molar-refractivity contribution in [1.82, 2.24) is 25.3 Å². The molecule has 3 rings (SSSR count). The van der Waals surface area contributed by atoms with Crippen LogP contribution in [0.3, 0.4) is 0 Å². The molecule has 1 amide bonds. The summed E-state index contributed by atoms with van der Waals surface area (Å²) in [6.07, 6.45) is 0.922. The van der Waals surface area contributed by atoms with Crippen LogP contribution < -0.4 is 5.32 Å². The van der Waals surface area contributed by atoms with E-state index in [-0.39, 0.29) is 17.6 Å². The van der Waals surface area contributed by atoms with Gasteiger partial charge < -0.3 is 9.73 Å². The Labute approximate surface area is 169 Å². The molecule has 0 aliphatic carbocycles. The van der Waals surface area contributed by atoms with Gasteiger partial charge in [0.2, 0.25) is 17.7 Å². The lowest BCUT2D eigenvalue weighted by Gasteiger charge is -2.33. The van der Waals surface area contributed by atoms with E-state index in [1.165, 1.54) is 12.1 Å². The maximum absolute atomic E-state index is 12.0. The van der Waals surface area contributed by atoms with E-state index < -0.39 is 4.92 Å². The average Bonchev–Trinajstić information content (AvgIpc) is 3.18. The van der Waals surface area contributed by atoms with Gasteiger partial charge in [0.25, 0.3) is 5.69 Å². The van der Waals surface area contributed by atoms with Crippen molar-refractivity contribution in [1.29, 1.82) is 0 Å². The highest BCUT2D eigenvalue weighted by Gasteiger charge is 2.21. The number of non-ortho nitro benzene ring substituents is 1. The molecule has 1 atom stereocenters. The van der Waals surface area contributed by atoms with Gasteiger partial charge in [-0.15, -0.1) is 10.2 Å². The zero-order valence-corrected chi connectivity index (χ0v) is 16.7. The van der Waals surface area contributed by atoms with Crippen molar-refractivity contribution < 1.29 is 14.1 Å². The quantitative estimate of drug-likeness (QED) is 0.523. The molecule has 1 aromatic heterocycles. The Morgan fingerprint density at radius 1 is 1.21 bits per heavy atom. The Bertz CT molecular complexity index is 829. The minimum absolute atomic E-state index is 0.0178. The van der Waals surface area contributed by atoms with Gasteiger partial charge in [-0.1, -0.05) is 6.92 Å². The van der Waals surface area contributed by atoms with Crippen LogP contribution in [0.15, 0.2) is 28.7 Å². The van der Waals surface area contributed by atoms with E-state index in [4.69, 9.17) is 4.42 Å². The van der Waals surface area contributed by atoms with Crippen molar-refractivity contribution in [2.45, 2.75) is 32.9 Å². The molecule has 1 N–H and O–H groups in total. The average molecular weight is 402 g/mol. The van der Waals surface area contributed by atoms with Gasteiger partial charge >= 0.3 is 0 Å². The molecule has 0 spiro atoms. The van der Waals surface area contributed by atoms with Crippen molar-refractivity contribution in [2.24, 2.45) is 0 Å². The number of piperazine rings is 1. The number of nitrogens with one attached hydrogen (secondary N) is 1. The van der Waals surface area contributed by atoms with Crippen LogP contribution in [0.5, 0.6) is 0 Å². The number of rotatable bonds is 8. The summed E-state index contributed by atoms with van der Waals surface area (Å²) >= 11 is 0. The molecule has 2 aromatic rings. The van der Waals surface area contributed by atoms with E-state index in [2.05, 4.69) is 25.3 Å². The molecule has 1 unspecified atom stereocenters. The maximum atomic E-state index is 12.0. The fourth-order valence-electron chi connectivity index (χ4n) is 3.08. The second-order valence-electron chi connectivity index (χ2n) is 7.23. The van der Waals surface area contributed by atoms with Gasteiger partial charge in [0.1, 0.15) is 0 Å². The summed E-state index contributed by atoms with van der Waals surface area (Å²) in [6.45, 7) is 8.24. The van der Waals surface area contributed by atoms with Crippen molar-refractivity contribution in [2.75, 3.05) is 32.7 Å². The third-order valence-corrected chi connectivity index (χ3v) is 5.00. The van der Waals surface area contributed by atoms with Crippen LogP contribution in [-0.4, -0.2) is 69.6 Å². The van der Waals surface area contributed by atoms with Crippen LogP contribution in [0.2, 0.25) is 0 Å². The van der Waals surface area contributed by atoms with E-state index in [9.17, 15) is 14.9 Å². The van der Waals surface area contributed by atoms with Crippen LogP contribution in [0.1, 0.15) is 26.2 Å². The minimum atomic E-state index is -0.448. The number of nitro groups is 1. The summed E-state index contributed by atoms with van der Waals surface area (Å²) in [5.74, 6) is 0.911. The number of hydrogen-bond donors (Lipinski definition) is 1. The number of amides is 1. The number of nitro benzene ring substituents is 1. The zero-order chi connectivity index (χ0) is 20.8. The molecule has 1 aliphatic rings. The fraction of sp³-hybridized carbons (Fsp3) is 0.526. The molecule has 1 aliphatic heterocycles. The molecular weight excluding hydrogens is 376 g/mol. The Hall–Kier alpha value is -2.85. The molecule has 29 heavy (non-hydrogen) atoms. The summed E-state index contributed by atoms with van der Waals surface area (Å²) in [5, 5.41) is 21.9. The summed E-state index contributed by atoms with van der Waals surface area (Å²) in [6, 6.07) is 6.22. The lowest BCUT2D eigenvalue weighted by molar-refractivity contribution is -0.384. The molecule has 0 saturated carbocycles. The normalized spacial score (nSPS) is 16.5. The Morgan fingerprint density at radius 3 is 2.48 bits per heavy atom. The summed E-state index contributed by atoms with van der Waals surface area (Å²) in [4.78, 5) is 26.7. The summed E-state index contributed by atoms with van der Waals surface area (Å²) in [5.41, 5.74) is 0.663. The van der Waals surface area contributed by atoms with Gasteiger partial charge in [-0.05, 0) is 25.5 Å². The van der Waals surface area contributed by atoms with Crippen LogP contribution in [0.4, 0.5) is 5.69 Å². The molecule has 1 aromatic carbocycles. The van der Waals surface area contributed by atoms with Crippen molar-refractivity contribution >= 4 is 11.6 Å². The van der Waals surface area contributed by atoms with Crippen LogP contribution in [0.25, 0.3) is 11.5 Å². The molecule has 1 fully saturated rings. The largest absolute Gasteiger partial charge is 0.419 e. The first-order valence-electron chi connectivity index (χ1n) is 9.76. The molecule has 2 heterocycles. The molecule has 10 heteroatoms. The monoisotopic (exact) mass is 402 g/mol. The number of carbonyl (C=O) groups is 1. The zero-order valence-electron chi connectivity index (χ0n) is 16.7. The van der Waals surface area contributed by atoms with Gasteiger partial charge in [-0.25, -0.2) is 0 Å². The first kappa shape index (κ1) is 20.9. The molecule has 156 valence electrons. The highest BCUT2D eigenvalue weighted by atomic mass is 16.6. The number of hydrogen-bond acceptors (Lipinski definition) is 8. The van der Waals surface area contributed by atoms with Crippen LogP contribution in [-0.2, 0) is 11.3 Å². The predicted molar refractivity (Wildman–Crippen MR) is 106 cm³/mol. The number of nitrogens with zero attached hydrogens (tertiary/aromatic N) is 5. The first-order valence-corrected chi connectivity index (χ1v) is 9.76. The van der Waals surface area contributed by atoms with Gasteiger partial charge in [-0.2, -0.15) is 0 Å². The van der Waals surface area contributed by atoms with E-state index in [1.807, 2.05) is 13.8 Å². The minimum Gasteiger partial charge on any atom is -0.419 e. The van der Waals surface area contributed by atoms with E-state index >= 15 is 0 Å². The highest BCUT2D eigenvalue weighted by Crippen LogP contribution is 2.21. The lowest BCUT2D eigenvalue weighted by atomic mass is 10.2. The molecule has 0 bridgehead atoms. The SMILES string of the molecule is CCC(C)NC(=O)CN1CCN(Cc2nnc(-c3ccc([N+](=O)[O-])cc3)o2)CC1. The molecular formula is C19H26N6O4. The highest BCUT2D eigenvalue weighted by molar-refractivity contribution is 5.78. The van der Waals surface area contributed by atoms with Crippen LogP contribution >= 0.6 is 0 Å². The van der Waals surface area contributed by atoms with Gasteiger partial charge in [-0.3, -0.25) is 24.7 Å². The third kappa shape index (κ3) is 5.81. The number of carbonyl (C=O) groups excluding carboxylic acids is 1. The lowest BCUT2D eigenvalue weighted by Crippen LogP contribution is -2.49. The Morgan fingerprint density at radius 2 is 1.86 bits per heavy atom. The summed E-state index contributed by atoms with van der Waals surface area (Å²) < 4.78 is 5.71.